The van der Waals surface area contributed by atoms with Gasteiger partial charge >= 0.3 is 6.09 Å². The number of nitrogens with zero attached hydrogens (tertiary/aromatic N) is 1. The van der Waals surface area contributed by atoms with E-state index >= 15 is 0 Å². The summed E-state index contributed by atoms with van der Waals surface area (Å²) in [7, 11) is 0. The van der Waals surface area contributed by atoms with E-state index in [2.05, 4.69) is 44.0 Å². The molecule has 1 aromatic carbocycles. The molecule has 7 nitrogen and oxygen atoms in total. The maximum atomic E-state index is 14.0. The Labute approximate surface area is 223 Å². The van der Waals surface area contributed by atoms with E-state index in [1.165, 1.54) is 0 Å². The molecule has 2 N–H and O–H groups in total. The molecular formula is C28H47N3O4S. The van der Waals surface area contributed by atoms with Gasteiger partial charge in [0.2, 0.25) is 11.8 Å². The molecule has 0 aliphatic carbocycles. The zero-order chi connectivity index (χ0) is 27.6. The molecular weight excluding hydrogens is 474 g/mol. The standard InChI is InChI=1S/C28H47N3O4S/c1-10-21-13-15-22(16-14-21)24(25(32)29-19(4)5)31(20(6)12-11-18(2)3)26(33)23(17-36)30-27(34)35-28(7,8)9/h13-16,18-20,23-24,36H,10-12,17H2,1-9H3,(H,29,32)(H,30,34). The number of alkyl carbamates (subject to hydrolysis) is 1. The summed E-state index contributed by atoms with van der Waals surface area (Å²) in [4.78, 5) is 41.7. The highest BCUT2D eigenvalue weighted by molar-refractivity contribution is 7.80. The van der Waals surface area contributed by atoms with Crippen molar-refractivity contribution in [1.82, 2.24) is 15.5 Å². The van der Waals surface area contributed by atoms with E-state index in [4.69, 9.17) is 4.74 Å². The van der Waals surface area contributed by atoms with Crippen molar-refractivity contribution >= 4 is 30.5 Å². The molecule has 3 amide bonds. The highest BCUT2D eigenvalue weighted by atomic mass is 32.1. The quantitative estimate of drug-likeness (QED) is 0.326. The fourth-order valence-electron chi connectivity index (χ4n) is 3.87. The first kappa shape index (κ1) is 31.8. The lowest BCUT2D eigenvalue weighted by Gasteiger charge is -2.39. The van der Waals surface area contributed by atoms with Gasteiger partial charge in [-0.15, -0.1) is 0 Å². The smallest absolute Gasteiger partial charge is 0.408 e. The van der Waals surface area contributed by atoms with Crippen molar-refractivity contribution in [3.63, 3.8) is 0 Å². The van der Waals surface area contributed by atoms with Crippen molar-refractivity contribution in [1.29, 1.82) is 0 Å². The number of hydrogen-bond donors (Lipinski definition) is 3. The van der Waals surface area contributed by atoms with Crippen LogP contribution in [0.25, 0.3) is 0 Å². The van der Waals surface area contributed by atoms with E-state index in [-0.39, 0.29) is 29.7 Å². The van der Waals surface area contributed by atoms with Crippen LogP contribution in [-0.4, -0.2) is 52.3 Å². The van der Waals surface area contributed by atoms with Crippen LogP contribution in [0.1, 0.15) is 92.3 Å². The van der Waals surface area contributed by atoms with Crippen LogP contribution in [0.2, 0.25) is 0 Å². The molecule has 0 spiro atoms. The number of amides is 3. The maximum Gasteiger partial charge on any atom is 0.408 e. The second-order valence-electron chi connectivity index (χ2n) is 11.1. The van der Waals surface area contributed by atoms with Crippen LogP contribution in [0, 0.1) is 5.92 Å². The first-order chi connectivity index (χ1) is 16.7. The van der Waals surface area contributed by atoms with Gasteiger partial charge in [0.15, 0.2) is 0 Å². The number of thiol groups is 1. The zero-order valence-corrected chi connectivity index (χ0v) is 24.4. The average Bonchev–Trinajstić information content (AvgIpc) is 2.77. The number of benzene rings is 1. The molecule has 0 aliphatic heterocycles. The minimum atomic E-state index is -0.950. The summed E-state index contributed by atoms with van der Waals surface area (Å²) in [5.74, 6) is -0.111. The third kappa shape index (κ3) is 10.4. The van der Waals surface area contributed by atoms with Crippen molar-refractivity contribution in [3.8, 4) is 0 Å². The van der Waals surface area contributed by atoms with Crippen LogP contribution >= 0.6 is 12.6 Å². The molecule has 8 heteroatoms. The predicted molar refractivity (Wildman–Crippen MR) is 149 cm³/mol. The fraction of sp³-hybridized carbons (Fsp3) is 0.679. The van der Waals surface area contributed by atoms with Gasteiger partial charge < -0.3 is 20.3 Å². The molecule has 0 aromatic heterocycles. The van der Waals surface area contributed by atoms with Gasteiger partial charge in [-0.3, -0.25) is 9.59 Å². The van der Waals surface area contributed by atoms with Crippen LogP contribution < -0.4 is 10.6 Å². The van der Waals surface area contributed by atoms with E-state index in [1.54, 1.807) is 25.7 Å². The van der Waals surface area contributed by atoms with E-state index in [0.717, 1.165) is 24.0 Å². The zero-order valence-electron chi connectivity index (χ0n) is 23.6. The maximum absolute atomic E-state index is 14.0. The van der Waals surface area contributed by atoms with E-state index in [0.29, 0.717) is 12.3 Å². The van der Waals surface area contributed by atoms with Gasteiger partial charge in [0.05, 0.1) is 0 Å². The van der Waals surface area contributed by atoms with Gasteiger partial charge in [0.1, 0.15) is 17.7 Å². The molecule has 204 valence electrons. The first-order valence-electron chi connectivity index (χ1n) is 13.0. The summed E-state index contributed by atoms with van der Waals surface area (Å²) in [6.45, 7) is 17.4. The Morgan fingerprint density at radius 3 is 2.00 bits per heavy atom. The molecule has 0 heterocycles. The van der Waals surface area contributed by atoms with Crippen LogP contribution in [0.5, 0.6) is 0 Å². The summed E-state index contributed by atoms with van der Waals surface area (Å²) in [6.07, 6.45) is 1.79. The Kier molecular flexibility index (Phi) is 12.8. The third-order valence-electron chi connectivity index (χ3n) is 5.72. The lowest BCUT2D eigenvalue weighted by molar-refractivity contribution is -0.145. The molecule has 3 unspecified atom stereocenters. The SMILES string of the molecule is CCc1ccc(C(C(=O)NC(C)C)N(C(=O)C(CS)NC(=O)OC(C)(C)C)C(C)CCC(C)C)cc1. The number of nitrogens with one attached hydrogen (secondary N) is 2. The number of ether oxygens (including phenoxy) is 1. The number of hydrogen-bond acceptors (Lipinski definition) is 5. The Morgan fingerprint density at radius 2 is 1.56 bits per heavy atom. The van der Waals surface area contributed by atoms with Gasteiger partial charge in [-0.2, -0.15) is 12.6 Å². The second kappa shape index (κ2) is 14.5. The Morgan fingerprint density at radius 1 is 0.972 bits per heavy atom. The Balaban J connectivity index is 3.51. The minimum Gasteiger partial charge on any atom is -0.444 e. The van der Waals surface area contributed by atoms with Crippen LogP contribution in [0.15, 0.2) is 24.3 Å². The van der Waals surface area contributed by atoms with E-state index in [9.17, 15) is 14.4 Å². The van der Waals surface area contributed by atoms with Crippen molar-refractivity contribution < 1.29 is 19.1 Å². The van der Waals surface area contributed by atoms with E-state index < -0.39 is 23.8 Å². The summed E-state index contributed by atoms with van der Waals surface area (Å²) in [5, 5.41) is 5.66. The van der Waals surface area contributed by atoms with Crippen molar-refractivity contribution in [2.45, 2.75) is 111 Å². The summed E-state index contributed by atoms with van der Waals surface area (Å²) in [5.41, 5.74) is 1.16. The highest BCUT2D eigenvalue weighted by Gasteiger charge is 2.38. The molecule has 0 fully saturated rings. The lowest BCUT2D eigenvalue weighted by atomic mass is 9.96. The highest BCUT2D eigenvalue weighted by Crippen LogP contribution is 2.28. The van der Waals surface area contributed by atoms with Crippen LogP contribution in [0.3, 0.4) is 0 Å². The largest absolute Gasteiger partial charge is 0.444 e. The van der Waals surface area contributed by atoms with Gasteiger partial charge in [-0.1, -0.05) is 45.0 Å². The molecule has 0 bridgehead atoms. The number of aryl methyl sites for hydroxylation is 1. The number of rotatable bonds is 12. The molecule has 0 aliphatic rings. The predicted octanol–water partition coefficient (Wildman–Crippen LogP) is 5.29. The average molecular weight is 522 g/mol. The van der Waals surface area contributed by atoms with Crippen LogP contribution in [-0.2, 0) is 20.7 Å². The van der Waals surface area contributed by atoms with E-state index in [1.807, 2.05) is 45.0 Å². The van der Waals surface area contributed by atoms with Crippen LogP contribution in [0.4, 0.5) is 4.79 Å². The molecule has 1 aromatic rings. The Hall–Kier alpha value is -2.22. The normalized spacial score (nSPS) is 14.2. The number of carbonyl (C=O) groups is 3. The molecule has 0 saturated carbocycles. The first-order valence-corrected chi connectivity index (χ1v) is 13.6. The molecule has 3 atom stereocenters. The van der Waals surface area contributed by atoms with Gasteiger partial charge in [-0.25, -0.2) is 4.79 Å². The molecule has 1 rings (SSSR count). The van der Waals surface area contributed by atoms with Gasteiger partial charge in [-0.05, 0) is 77.8 Å². The minimum absolute atomic E-state index is 0.0682. The fourth-order valence-corrected chi connectivity index (χ4v) is 4.11. The second-order valence-corrected chi connectivity index (χ2v) is 11.5. The summed E-state index contributed by atoms with van der Waals surface area (Å²) in [6, 6.07) is 5.65. The summed E-state index contributed by atoms with van der Waals surface area (Å²) < 4.78 is 5.38. The molecule has 0 saturated heterocycles. The van der Waals surface area contributed by atoms with Crippen molar-refractivity contribution in [2.75, 3.05) is 5.75 Å². The summed E-state index contributed by atoms with van der Waals surface area (Å²) >= 11 is 4.36. The molecule has 36 heavy (non-hydrogen) atoms. The van der Waals surface area contributed by atoms with Crippen molar-refractivity contribution in [3.05, 3.63) is 35.4 Å². The number of carbonyl (C=O) groups excluding carboxylic acids is 3. The monoisotopic (exact) mass is 521 g/mol. The van der Waals surface area contributed by atoms with Crippen molar-refractivity contribution in [2.24, 2.45) is 5.92 Å². The topological polar surface area (TPSA) is 87.7 Å². The van der Waals surface area contributed by atoms with Gasteiger partial charge in [0.25, 0.3) is 0 Å². The lowest BCUT2D eigenvalue weighted by Crippen LogP contribution is -2.56. The van der Waals surface area contributed by atoms with Gasteiger partial charge in [0, 0.05) is 17.8 Å². The molecule has 0 radical (unpaired) electrons. The third-order valence-corrected chi connectivity index (χ3v) is 6.09. The Bertz CT molecular complexity index is 849.